The van der Waals surface area contributed by atoms with Crippen molar-refractivity contribution in [2.75, 3.05) is 37.7 Å². The van der Waals surface area contributed by atoms with Crippen LogP contribution in [0.5, 0.6) is 0 Å². The SMILES string of the molecule is c1ccc([C@@H]2C[C@@H]2CNCc2cccnc2N2CCOCC2)cc1. The highest BCUT2D eigenvalue weighted by atomic mass is 16.5. The molecule has 126 valence electrons. The Kier molecular flexibility index (Phi) is 4.76. The van der Waals surface area contributed by atoms with Crippen LogP contribution in [0.25, 0.3) is 0 Å². The van der Waals surface area contributed by atoms with E-state index in [1.54, 1.807) is 0 Å². The van der Waals surface area contributed by atoms with Crippen molar-refractivity contribution in [2.24, 2.45) is 5.92 Å². The van der Waals surface area contributed by atoms with Crippen LogP contribution in [0.2, 0.25) is 0 Å². The van der Waals surface area contributed by atoms with Gasteiger partial charge in [-0.3, -0.25) is 0 Å². The molecule has 2 fully saturated rings. The number of hydrogen-bond acceptors (Lipinski definition) is 4. The summed E-state index contributed by atoms with van der Waals surface area (Å²) in [6, 6.07) is 15.1. The minimum atomic E-state index is 0.742. The molecule has 0 unspecified atom stereocenters. The lowest BCUT2D eigenvalue weighted by Gasteiger charge is -2.29. The molecule has 1 N–H and O–H groups in total. The van der Waals surface area contributed by atoms with E-state index >= 15 is 0 Å². The number of nitrogens with zero attached hydrogens (tertiary/aromatic N) is 2. The van der Waals surface area contributed by atoms with Crippen LogP contribution in [-0.4, -0.2) is 37.8 Å². The van der Waals surface area contributed by atoms with Crippen LogP contribution >= 0.6 is 0 Å². The molecule has 2 aromatic rings. The summed E-state index contributed by atoms with van der Waals surface area (Å²) in [7, 11) is 0. The van der Waals surface area contributed by atoms with Crippen LogP contribution in [0.3, 0.4) is 0 Å². The Morgan fingerprint density at radius 1 is 1.08 bits per heavy atom. The fourth-order valence-corrected chi connectivity index (χ4v) is 3.60. The van der Waals surface area contributed by atoms with E-state index in [-0.39, 0.29) is 0 Å². The topological polar surface area (TPSA) is 37.4 Å². The van der Waals surface area contributed by atoms with E-state index in [1.165, 1.54) is 17.5 Å². The maximum absolute atomic E-state index is 5.45. The van der Waals surface area contributed by atoms with E-state index in [2.05, 4.69) is 51.6 Å². The molecule has 4 rings (SSSR count). The Morgan fingerprint density at radius 3 is 2.75 bits per heavy atom. The van der Waals surface area contributed by atoms with Gasteiger partial charge in [-0.15, -0.1) is 0 Å². The van der Waals surface area contributed by atoms with Gasteiger partial charge >= 0.3 is 0 Å². The van der Waals surface area contributed by atoms with E-state index in [0.29, 0.717) is 0 Å². The van der Waals surface area contributed by atoms with Gasteiger partial charge in [0.1, 0.15) is 5.82 Å². The van der Waals surface area contributed by atoms with Gasteiger partial charge in [-0.05, 0) is 36.4 Å². The molecule has 4 nitrogen and oxygen atoms in total. The maximum atomic E-state index is 5.45. The molecule has 0 spiro atoms. The van der Waals surface area contributed by atoms with E-state index in [9.17, 15) is 0 Å². The van der Waals surface area contributed by atoms with Crippen LogP contribution in [0, 0.1) is 5.92 Å². The van der Waals surface area contributed by atoms with Gasteiger partial charge in [0.15, 0.2) is 0 Å². The van der Waals surface area contributed by atoms with Crippen LogP contribution in [0.4, 0.5) is 5.82 Å². The molecule has 1 saturated carbocycles. The third-order valence-electron chi connectivity index (χ3n) is 5.05. The molecule has 1 aliphatic carbocycles. The van der Waals surface area contributed by atoms with Gasteiger partial charge in [-0.1, -0.05) is 36.4 Å². The Hall–Kier alpha value is -1.91. The van der Waals surface area contributed by atoms with Crippen molar-refractivity contribution < 1.29 is 4.74 Å². The van der Waals surface area contributed by atoms with Crippen molar-refractivity contribution in [3.63, 3.8) is 0 Å². The van der Waals surface area contributed by atoms with Crippen molar-refractivity contribution in [1.82, 2.24) is 10.3 Å². The minimum absolute atomic E-state index is 0.742. The fourth-order valence-electron chi connectivity index (χ4n) is 3.60. The zero-order valence-corrected chi connectivity index (χ0v) is 14.0. The lowest BCUT2D eigenvalue weighted by atomic mass is 10.1. The molecule has 0 amide bonds. The summed E-state index contributed by atoms with van der Waals surface area (Å²) in [6.07, 6.45) is 3.20. The smallest absolute Gasteiger partial charge is 0.133 e. The highest BCUT2D eigenvalue weighted by Crippen LogP contribution is 2.46. The molecule has 1 aromatic carbocycles. The second kappa shape index (κ2) is 7.32. The lowest BCUT2D eigenvalue weighted by Crippen LogP contribution is -2.37. The summed E-state index contributed by atoms with van der Waals surface area (Å²) >= 11 is 0. The molecule has 24 heavy (non-hydrogen) atoms. The standard InChI is InChI=1S/C20H25N3O/c1-2-5-16(6-3-1)19-13-18(19)15-21-14-17-7-4-8-22-20(17)23-9-11-24-12-10-23/h1-8,18-19,21H,9-15H2/t18-,19+/m1/s1. The van der Waals surface area contributed by atoms with Gasteiger partial charge in [0.05, 0.1) is 13.2 Å². The molecule has 2 atom stereocenters. The van der Waals surface area contributed by atoms with Gasteiger partial charge in [0.25, 0.3) is 0 Å². The molecule has 0 radical (unpaired) electrons. The average molecular weight is 323 g/mol. The first kappa shape index (κ1) is 15.6. The summed E-state index contributed by atoms with van der Waals surface area (Å²) < 4.78 is 5.45. The van der Waals surface area contributed by atoms with E-state index < -0.39 is 0 Å². The maximum Gasteiger partial charge on any atom is 0.133 e. The van der Waals surface area contributed by atoms with E-state index in [1.807, 2.05) is 12.3 Å². The highest BCUT2D eigenvalue weighted by Gasteiger charge is 2.37. The number of hydrogen-bond donors (Lipinski definition) is 1. The number of benzene rings is 1. The van der Waals surface area contributed by atoms with Crippen molar-refractivity contribution in [3.05, 3.63) is 59.8 Å². The number of nitrogens with one attached hydrogen (secondary N) is 1. The molecule has 1 aliphatic heterocycles. The number of aromatic nitrogens is 1. The van der Waals surface area contributed by atoms with Crippen molar-refractivity contribution in [1.29, 1.82) is 0 Å². The quantitative estimate of drug-likeness (QED) is 0.887. The molecule has 2 heterocycles. The molecule has 2 aliphatic rings. The van der Waals surface area contributed by atoms with Crippen LogP contribution in [0.15, 0.2) is 48.7 Å². The third kappa shape index (κ3) is 3.60. The first-order valence-corrected chi connectivity index (χ1v) is 8.94. The average Bonchev–Trinajstić information content (AvgIpc) is 3.43. The fraction of sp³-hybridized carbons (Fsp3) is 0.450. The number of ether oxygens (including phenoxy) is 1. The molecular weight excluding hydrogens is 298 g/mol. The summed E-state index contributed by atoms with van der Waals surface area (Å²) in [4.78, 5) is 6.95. The molecule has 0 bridgehead atoms. The van der Waals surface area contributed by atoms with E-state index in [0.717, 1.165) is 57.0 Å². The Morgan fingerprint density at radius 2 is 1.92 bits per heavy atom. The third-order valence-corrected chi connectivity index (χ3v) is 5.05. The Labute approximate surface area is 143 Å². The molecular formula is C20H25N3O. The second-order valence-corrected chi connectivity index (χ2v) is 6.73. The summed E-state index contributed by atoms with van der Waals surface area (Å²) in [5, 5.41) is 3.64. The van der Waals surface area contributed by atoms with Gasteiger partial charge < -0.3 is 15.0 Å². The van der Waals surface area contributed by atoms with Gasteiger partial charge in [-0.2, -0.15) is 0 Å². The molecule has 1 aromatic heterocycles. The molecule has 1 saturated heterocycles. The van der Waals surface area contributed by atoms with Crippen molar-refractivity contribution >= 4 is 5.82 Å². The number of anilines is 1. The Bertz CT molecular complexity index is 655. The summed E-state index contributed by atoms with van der Waals surface area (Å²) in [5.74, 6) is 2.63. The zero-order chi connectivity index (χ0) is 16.2. The monoisotopic (exact) mass is 323 g/mol. The minimum Gasteiger partial charge on any atom is -0.378 e. The van der Waals surface area contributed by atoms with Crippen LogP contribution < -0.4 is 10.2 Å². The first-order valence-electron chi connectivity index (χ1n) is 8.94. The summed E-state index contributed by atoms with van der Waals surface area (Å²) in [6.45, 7) is 5.43. The van der Waals surface area contributed by atoms with E-state index in [4.69, 9.17) is 4.74 Å². The normalized spacial score (nSPS) is 23.2. The first-order chi connectivity index (χ1) is 11.9. The predicted octanol–water partition coefficient (Wildman–Crippen LogP) is 2.81. The van der Waals surface area contributed by atoms with Crippen LogP contribution in [-0.2, 0) is 11.3 Å². The molecule has 4 heteroatoms. The summed E-state index contributed by atoms with van der Waals surface area (Å²) in [5.41, 5.74) is 2.77. The number of rotatable bonds is 6. The van der Waals surface area contributed by atoms with Crippen molar-refractivity contribution in [3.8, 4) is 0 Å². The largest absolute Gasteiger partial charge is 0.378 e. The highest BCUT2D eigenvalue weighted by molar-refractivity contribution is 5.47. The number of pyridine rings is 1. The Balaban J connectivity index is 1.31. The van der Waals surface area contributed by atoms with Gasteiger partial charge in [0, 0.05) is 31.4 Å². The van der Waals surface area contributed by atoms with Gasteiger partial charge in [-0.25, -0.2) is 4.98 Å². The van der Waals surface area contributed by atoms with Crippen molar-refractivity contribution in [2.45, 2.75) is 18.9 Å². The second-order valence-electron chi connectivity index (χ2n) is 6.73. The lowest BCUT2D eigenvalue weighted by molar-refractivity contribution is 0.122. The predicted molar refractivity (Wildman–Crippen MR) is 96.3 cm³/mol. The number of morpholine rings is 1. The van der Waals surface area contributed by atoms with Crippen LogP contribution in [0.1, 0.15) is 23.5 Å². The zero-order valence-electron chi connectivity index (χ0n) is 14.0. The van der Waals surface area contributed by atoms with Gasteiger partial charge in [0.2, 0.25) is 0 Å².